The smallest absolute Gasteiger partial charge is 0.410 e. The van der Waals surface area contributed by atoms with Crippen LogP contribution in [0.25, 0.3) is 0 Å². The zero-order chi connectivity index (χ0) is 33.6. The number of carbonyl (C=O) groups excluding carboxylic acids is 1. The largest absolute Gasteiger partial charge is 0.497 e. The van der Waals surface area contributed by atoms with Crippen molar-refractivity contribution in [3.63, 3.8) is 0 Å². The number of benzene rings is 3. The average Bonchev–Trinajstić information content (AvgIpc) is 3.39. The molecule has 2 N–H and O–H groups in total. The maximum absolute atomic E-state index is 13.0. The van der Waals surface area contributed by atoms with Gasteiger partial charge < -0.3 is 33.7 Å². The van der Waals surface area contributed by atoms with Crippen molar-refractivity contribution in [3.8, 4) is 23.8 Å². The van der Waals surface area contributed by atoms with Gasteiger partial charge in [0, 0.05) is 19.3 Å². The molecule has 4 aromatic rings. The fourth-order valence-electron chi connectivity index (χ4n) is 5.55. The number of aliphatic hydroxyl groups excluding tert-OH is 1. The minimum Gasteiger partial charge on any atom is -0.497 e. The molecule has 0 unspecified atom stereocenters. The van der Waals surface area contributed by atoms with Crippen LogP contribution in [0.15, 0.2) is 101 Å². The number of aromatic nitrogens is 2. The molecule has 0 saturated carbocycles. The minimum absolute atomic E-state index is 0.0431. The van der Waals surface area contributed by atoms with Crippen LogP contribution in [0.4, 0.5) is 4.79 Å². The fourth-order valence-corrected chi connectivity index (χ4v) is 5.55. The Morgan fingerprint density at radius 3 is 2.06 bits per heavy atom. The molecule has 4 atom stereocenters. The molecule has 3 aromatic carbocycles. The highest BCUT2D eigenvalue weighted by atomic mass is 16.6. The molecule has 1 aliphatic rings. The highest BCUT2D eigenvalue weighted by Gasteiger charge is 2.49. The molecule has 47 heavy (non-hydrogen) atoms. The lowest BCUT2D eigenvalue weighted by molar-refractivity contribution is -0.0974. The monoisotopic (exact) mass is 641 g/mol. The number of H-pyrrole nitrogens is 1. The molecular weight excluding hydrogens is 606 g/mol. The van der Waals surface area contributed by atoms with Gasteiger partial charge in [0.05, 0.1) is 27.4 Å². The molecule has 2 heterocycles. The number of hydrogen-bond acceptors (Lipinski definition) is 9. The van der Waals surface area contributed by atoms with Gasteiger partial charge in [0.1, 0.15) is 29.3 Å². The van der Waals surface area contributed by atoms with Crippen molar-refractivity contribution < 1.29 is 33.6 Å². The summed E-state index contributed by atoms with van der Waals surface area (Å²) in [6, 6.07) is 25.5. The summed E-state index contributed by atoms with van der Waals surface area (Å²) >= 11 is 0. The fraction of sp³-hybridized carbons (Fsp3) is 0.286. The molecule has 12 heteroatoms. The quantitative estimate of drug-likeness (QED) is 0.187. The van der Waals surface area contributed by atoms with Gasteiger partial charge >= 0.3 is 11.8 Å². The van der Waals surface area contributed by atoms with E-state index in [1.807, 2.05) is 78.9 Å². The van der Waals surface area contributed by atoms with Crippen molar-refractivity contribution in [1.82, 2.24) is 14.5 Å². The van der Waals surface area contributed by atoms with E-state index < -0.39 is 47.5 Å². The number of rotatable bonds is 11. The number of methoxy groups -OCH3 is 2. The van der Waals surface area contributed by atoms with Crippen molar-refractivity contribution in [2.24, 2.45) is 0 Å². The Labute approximate surface area is 271 Å². The molecule has 1 aromatic heterocycles. The summed E-state index contributed by atoms with van der Waals surface area (Å²) in [6.07, 6.45) is 0.534. The standard InChI is InChI=1S/C35H35N3O9/c1-5-20-37(2)34(42)47-31-28(46-32(30(31)40)38-21-19-29(39)36-33(38)41)22-45-35(23-9-7-6-8-10-23,24-11-15-26(43-3)16-12-24)25-13-17-27(44-4)18-14-25/h1,6-19,21,28,30-32,40H,20,22H2,2-4H3,(H,36,39,41)/t28-,30-,31-,32-/m1/s1. The molecule has 0 aliphatic carbocycles. The van der Waals surface area contributed by atoms with E-state index in [0.29, 0.717) is 11.5 Å². The van der Waals surface area contributed by atoms with E-state index in [0.717, 1.165) is 32.2 Å². The Morgan fingerprint density at radius 2 is 1.53 bits per heavy atom. The molecule has 0 bridgehead atoms. The molecule has 0 radical (unpaired) electrons. The molecule has 0 spiro atoms. The lowest BCUT2D eigenvalue weighted by Gasteiger charge is -2.37. The Kier molecular flexibility index (Phi) is 10.1. The van der Waals surface area contributed by atoms with Crippen LogP contribution in [0.3, 0.4) is 0 Å². The summed E-state index contributed by atoms with van der Waals surface area (Å²) < 4.78 is 30.7. The topological polar surface area (TPSA) is 142 Å². The second-order valence-electron chi connectivity index (χ2n) is 10.8. The molecule has 5 rings (SSSR count). The second kappa shape index (κ2) is 14.4. The first-order valence-electron chi connectivity index (χ1n) is 14.7. The minimum atomic E-state index is -1.52. The number of amides is 1. The van der Waals surface area contributed by atoms with Crippen LogP contribution in [-0.4, -0.2) is 78.4 Å². The van der Waals surface area contributed by atoms with Crippen LogP contribution < -0.4 is 20.7 Å². The Balaban J connectivity index is 1.60. The first-order chi connectivity index (χ1) is 22.7. The van der Waals surface area contributed by atoms with Crippen LogP contribution in [0.1, 0.15) is 22.9 Å². The van der Waals surface area contributed by atoms with Crippen molar-refractivity contribution in [2.45, 2.75) is 30.1 Å². The van der Waals surface area contributed by atoms with Gasteiger partial charge in [-0.25, -0.2) is 9.59 Å². The lowest BCUT2D eigenvalue weighted by atomic mass is 9.80. The van der Waals surface area contributed by atoms with E-state index in [-0.39, 0.29) is 13.2 Å². The number of nitrogens with zero attached hydrogens (tertiary/aromatic N) is 2. The number of ether oxygens (including phenoxy) is 5. The molecule has 1 aliphatic heterocycles. The van der Waals surface area contributed by atoms with Gasteiger partial charge in [-0.2, -0.15) is 0 Å². The van der Waals surface area contributed by atoms with Gasteiger partial charge in [-0.3, -0.25) is 14.3 Å². The third-order valence-corrected chi connectivity index (χ3v) is 7.95. The van der Waals surface area contributed by atoms with Crippen LogP contribution in [-0.2, 0) is 19.8 Å². The first kappa shape index (κ1) is 33.0. The molecule has 1 amide bonds. The van der Waals surface area contributed by atoms with Gasteiger partial charge in [-0.1, -0.05) is 60.5 Å². The van der Waals surface area contributed by atoms with E-state index in [2.05, 4.69) is 10.9 Å². The summed E-state index contributed by atoms with van der Waals surface area (Å²) in [5.41, 5.74) is -0.440. The Bertz CT molecular complexity index is 1770. The maximum atomic E-state index is 13.0. The number of hydrogen-bond donors (Lipinski definition) is 2. The SMILES string of the molecule is C#CCN(C)C(=O)O[C@H]1[C@@H](O)[C@H](n2ccc(=O)[nH]c2=O)O[C@@H]1COC(c1ccccc1)(c1ccc(OC)cc1)c1ccc(OC)cc1. The lowest BCUT2D eigenvalue weighted by Crippen LogP contribution is -2.44. The van der Waals surface area contributed by atoms with Gasteiger partial charge in [0.2, 0.25) is 0 Å². The molecule has 1 saturated heterocycles. The number of carbonyl (C=O) groups is 1. The third kappa shape index (κ3) is 6.78. The summed E-state index contributed by atoms with van der Waals surface area (Å²) in [5, 5.41) is 11.4. The highest BCUT2D eigenvalue weighted by Crippen LogP contribution is 2.43. The third-order valence-electron chi connectivity index (χ3n) is 7.95. The van der Waals surface area contributed by atoms with Gasteiger partial charge in [-0.05, 0) is 41.0 Å². The normalized spacial score (nSPS) is 19.0. The van der Waals surface area contributed by atoms with Crippen molar-refractivity contribution in [2.75, 3.05) is 34.4 Å². The first-order valence-corrected chi connectivity index (χ1v) is 14.7. The molecule has 1 fully saturated rings. The van der Waals surface area contributed by atoms with E-state index in [4.69, 9.17) is 30.1 Å². The van der Waals surface area contributed by atoms with Crippen molar-refractivity contribution in [3.05, 3.63) is 129 Å². The van der Waals surface area contributed by atoms with E-state index >= 15 is 0 Å². The number of aromatic amines is 1. The Hall–Kier alpha value is -5.35. The number of nitrogens with one attached hydrogen (secondary N) is 1. The maximum Gasteiger partial charge on any atom is 0.410 e. The van der Waals surface area contributed by atoms with E-state index in [1.54, 1.807) is 14.2 Å². The highest BCUT2D eigenvalue weighted by molar-refractivity contribution is 5.68. The van der Waals surface area contributed by atoms with Crippen molar-refractivity contribution in [1.29, 1.82) is 0 Å². The van der Waals surface area contributed by atoms with Crippen molar-refractivity contribution >= 4 is 6.09 Å². The zero-order valence-corrected chi connectivity index (χ0v) is 26.1. The molecular formula is C35H35N3O9. The Morgan fingerprint density at radius 1 is 0.957 bits per heavy atom. The summed E-state index contributed by atoms with van der Waals surface area (Å²) in [5.74, 6) is 3.66. The summed E-state index contributed by atoms with van der Waals surface area (Å²) in [7, 11) is 4.61. The van der Waals surface area contributed by atoms with Gasteiger partial charge in [0.25, 0.3) is 5.56 Å². The van der Waals surface area contributed by atoms with E-state index in [1.165, 1.54) is 13.2 Å². The zero-order valence-electron chi connectivity index (χ0n) is 26.1. The van der Waals surface area contributed by atoms with Crippen LogP contribution in [0.2, 0.25) is 0 Å². The number of terminal acetylenes is 1. The molecule has 12 nitrogen and oxygen atoms in total. The molecule has 244 valence electrons. The predicted molar refractivity (Wildman–Crippen MR) is 171 cm³/mol. The van der Waals surface area contributed by atoms with Crippen LogP contribution in [0.5, 0.6) is 11.5 Å². The van der Waals surface area contributed by atoms with Crippen LogP contribution in [0, 0.1) is 12.3 Å². The van der Waals surface area contributed by atoms with Gasteiger partial charge in [0.15, 0.2) is 12.3 Å². The average molecular weight is 642 g/mol. The van der Waals surface area contributed by atoms with Gasteiger partial charge in [-0.15, -0.1) is 6.42 Å². The van der Waals surface area contributed by atoms with E-state index in [9.17, 15) is 19.5 Å². The van der Waals surface area contributed by atoms with Crippen LogP contribution >= 0.6 is 0 Å². The second-order valence-corrected chi connectivity index (χ2v) is 10.8. The summed E-state index contributed by atoms with van der Waals surface area (Å²) in [4.78, 5) is 40.7. The summed E-state index contributed by atoms with van der Waals surface area (Å²) in [6.45, 7) is -0.270. The predicted octanol–water partition coefficient (Wildman–Crippen LogP) is 2.89. The number of aliphatic hydroxyl groups is 1.